The monoisotopic (exact) mass is 491 g/mol. The van der Waals surface area contributed by atoms with Gasteiger partial charge in [0.1, 0.15) is 23.9 Å². The molecule has 0 atom stereocenters. The Bertz CT molecular complexity index is 1100. The van der Waals surface area contributed by atoms with E-state index in [4.69, 9.17) is 14.2 Å². The van der Waals surface area contributed by atoms with E-state index < -0.39 is 10.0 Å². The Labute approximate surface area is 201 Å². The summed E-state index contributed by atoms with van der Waals surface area (Å²) in [6.45, 7) is 8.08. The second-order valence-corrected chi connectivity index (χ2v) is 9.79. The first-order valence-electron chi connectivity index (χ1n) is 11.4. The molecule has 0 saturated heterocycles. The molecule has 0 unspecified atom stereocenters. The van der Waals surface area contributed by atoms with E-state index in [1.165, 1.54) is 10.4 Å². The first-order valence-corrected chi connectivity index (χ1v) is 12.9. The average Bonchev–Trinajstić information content (AvgIpc) is 2.80. The maximum atomic E-state index is 13.1. The van der Waals surface area contributed by atoms with Gasteiger partial charge in [0.15, 0.2) is 11.5 Å². The smallest absolute Gasteiger partial charge is 0.246 e. The Kier molecular flexibility index (Phi) is 8.76. The topological polar surface area (TPSA) is 97.4 Å². The number of nitrogens with one attached hydrogen (secondary N) is 1. The van der Waals surface area contributed by atoms with Crippen LogP contribution in [0.4, 0.5) is 5.69 Å². The highest BCUT2D eigenvalue weighted by Gasteiger charge is 2.26. The summed E-state index contributed by atoms with van der Waals surface area (Å²) < 4.78 is 44.3. The second kappa shape index (κ2) is 11.5. The molecule has 0 aliphatic carbocycles. The lowest BCUT2D eigenvalue weighted by Gasteiger charge is -2.22. The number of nitrogens with zero attached hydrogens (tertiary/aromatic N) is 2. The Morgan fingerprint density at radius 1 is 1.03 bits per heavy atom. The van der Waals surface area contributed by atoms with Gasteiger partial charge in [0.25, 0.3) is 0 Å². The number of rotatable bonds is 11. The minimum atomic E-state index is -3.76. The molecule has 0 aromatic heterocycles. The zero-order chi connectivity index (χ0) is 24.7. The summed E-state index contributed by atoms with van der Waals surface area (Å²) in [4.78, 5) is 14.6. The van der Waals surface area contributed by atoms with Gasteiger partial charge < -0.3 is 19.5 Å². The summed E-state index contributed by atoms with van der Waals surface area (Å²) in [5.74, 6) is 1.44. The predicted octanol–water partition coefficient (Wildman–Crippen LogP) is 2.96. The number of sulfonamides is 1. The van der Waals surface area contributed by atoms with Crippen molar-refractivity contribution in [2.75, 3.05) is 51.8 Å². The number of likely N-dealkylation sites (N-methyl/N-ethyl adjacent to an activating group) is 1. The molecular weight excluding hydrogens is 458 g/mol. The molecule has 1 aliphatic rings. The van der Waals surface area contributed by atoms with Crippen molar-refractivity contribution in [2.45, 2.75) is 32.2 Å². The van der Waals surface area contributed by atoms with Crippen LogP contribution in [0.2, 0.25) is 0 Å². The van der Waals surface area contributed by atoms with E-state index in [-0.39, 0.29) is 23.1 Å². The van der Waals surface area contributed by atoms with E-state index in [9.17, 15) is 13.2 Å². The third-order valence-electron chi connectivity index (χ3n) is 5.32. The van der Waals surface area contributed by atoms with Crippen LogP contribution in [0.25, 0.3) is 0 Å². The van der Waals surface area contributed by atoms with Crippen LogP contribution in [-0.4, -0.2) is 70.0 Å². The van der Waals surface area contributed by atoms with Crippen molar-refractivity contribution >= 4 is 21.6 Å². The second-order valence-electron chi connectivity index (χ2n) is 7.88. The van der Waals surface area contributed by atoms with Gasteiger partial charge in [0, 0.05) is 25.3 Å². The molecule has 186 valence electrons. The lowest BCUT2D eigenvalue weighted by Crippen LogP contribution is -2.31. The molecule has 1 aliphatic heterocycles. The van der Waals surface area contributed by atoms with E-state index in [1.807, 2.05) is 30.1 Å². The van der Waals surface area contributed by atoms with E-state index in [0.29, 0.717) is 50.9 Å². The van der Waals surface area contributed by atoms with Gasteiger partial charge in [-0.2, -0.15) is 4.31 Å². The molecule has 0 radical (unpaired) electrons. The minimum absolute atomic E-state index is 0.0421. The number of anilines is 1. The number of carbonyl (C=O) groups excluding carboxylic acids is 1. The highest BCUT2D eigenvalue weighted by atomic mass is 32.2. The largest absolute Gasteiger partial charge is 0.492 e. The predicted molar refractivity (Wildman–Crippen MR) is 130 cm³/mol. The van der Waals surface area contributed by atoms with Crippen LogP contribution in [0.3, 0.4) is 0 Å². The summed E-state index contributed by atoms with van der Waals surface area (Å²) in [5, 5.41) is 2.80. The Hall–Kier alpha value is -2.82. The van der Waals surface area contributed by atoms with Gasteiger partial charge in [-0.25, -0.2) is 8.42 Å². The third kappa shape index (κ3) is 6.19. The van der Waals surface area contributed by atoms with Gasteiger partial charge in [0.2, 0.25) is 15.9 Å². The quantitative estimate of drug-likeness (QED) is 0.516. The molecule has 3 rings (SSSR count). The molecule has 2 aromatic carbocycles. The first kappa shape index (κ1) is 25.8. The van der Waals surface area contributed by atoms with Crippen molar-refractivity contribution in [1.82, 2.24) is 9.21 Å². The number of fused-ring (bicyclic) bond motifs is 1. The number of hydrogen-bond acceptors (Lipinski definition) is 7. The zero-order valence-corrected chi connectivity index (χ0v) is 21.0. The number of carbonyl (C=O) groups is 1. The summed E-state index contributed by atoms with van der Waals surface area (Å²) in [5.41, 5.74) is 1.39. The SMILES string of the molecule is CCOc1ccc(NC(=O)CN(C)Cc2ccc3c(c2)OCCO3)cc1S(=O)(=O)N(CC)CC. The van der Waals surface area contributed by atoms with E-state index in [0.717, 1.165) is 11.3 Å². The van der Waals surface area contributed by atoms with Crippen molar-refractivity contribution in [3.05, 3.63) is 42.0 Å². The van der Waals surface area contributed by atoms with Gasteiger partial charge in [0.05, 0.1) is 13.2 Å². The van der Waals surface area contributed by atoms with Crippen LogP contribution in [0.15, 0.2) is 41.3 Å². The van der Waals surface area contributed by atoms with Crippen LogP contribution in [0.5, 0.6) is 17.2 Å². The molecule has 1 amide bonds. The first-order chi connectivity index (χ1) is 16.3. The fourth-order valence-electron chi connectivity index (χ4n) is 3.76. The number of ether oxygens (including phenoxy) is 3. The molecule has 34 heavy (non-hydrogen) atoms. The molecule has 1 heterocycles. The average molecular weight is 492 g/mol. The summed E-state index contributed by atoms with van der Waals surface area (Å²) in [6, 6.07) is 10.4. The number of benzene rings is 2. The van der Waals surface area contributed by atoms with Gasteiger partial charge in [-0.1, -0.05) is 19.9 Å². The summed E-state index contributed by atoms with van der Waals surface area (Å²) in [7, 11) is -1.92. The van der Waals surface area contributed by atoms with Crippen LogP contribution >= 0.6 is 0 Å². The van der Waals surface area contributed by atoms with Gasteiger partial charge in [-0.3, -0.25) is 9.69 Å². The van der Waals surface area contributed by atoms with E-state index in [2.05, 4.69) is 5.32 Å². The molecule has 0 fully saturated rings. The lowest BCUT2D eigenvalue weighted by atomic mass is 10.2. The van der Waals surface area contributed by atoms with Crippen LogP contribution in [-0.2, 0) is 21.4 Å². The summed E-state index contributed by atoms with van der Waals surface area (Å²) >= 11 is 0. The highest BCUT2D eigenvalue weighted by Crippen LogP contribution is 2.31. The number of hydrogen-bond donors (Lipinski definition) is 1. The Morgan fingerprint density at radius 3 is 2.41 bits per heavy atom. The molecule has 0 bridgehead atoms. The molecule has 1 N–H and O–H groups in total. The fraction of sp³-hybridized carbons (Fsp3) is 0.458. The Balaban J connectivity index is 1.69. The number of amides is 1. The van der Waals surface area contributed by atoms with Crippen molar-refractivity contribution in [2.24, 2.45) is 0 Å². The third-order valence-corrected chi connectivity index (χ3v) is 7.39. The van der Waals surface area contributed by atoms with Crippen molar-refractivity contribution < 1.29 is 27.4 Å². The zero-order valence-electron chi connectivity index (χ0n) is 20.2. The molecule has 9 nitrogen and oxygen atoms in total. The molecular formula is C24H33N3O6S. The van der Waals surface area contributed by atoms with Gasteiger partial charge >= 0.3 is 0 Å². The van der Waals surface area contributed by atoms with Gasteiger partial charge in [-0.15, -0.1) is 0 Å². The van der Waals surface area contributed by atoms with E-state index in [1.54, 1.807) is 32.9 Å². The molecule has 0 spiro atoms. The van der Waals surface area contributed by atoms with Crippen molar-refractivity contribution in [3.8, 4) is 17.2 Å². The summed E-state index contributed by atoms with van der Waals surface area (Å²) in [6.07, 6.45) is 0. The van der Waals surface area contributed by atoms with Gasteiger partial charge in [-0.05, 0) is 49.9 Å². The maximum Gasteiger partial charge on any atom is 0.246 e. The molecule has 0 saturated carbocycles. The normalized spacial score (nSPS) is 13.2. The van der Waals surface area contributed by atoms with Crippen LogP contribution < -0.4 is 19.5 Å². The molecule has 10 heteroatoms. The van der Waals surface area contributed by atoms with Crippen molar-refractivity contribution in [3.63, 3.8) is 0 Å². The van der Waals surface area contributed by atoms with Crippen LogP contribution in [0, 0.1) is 0 Å². The highest BCUT2D eigenvalue weighted by molar-refractivity contribution is 7.89. The van der Waals surface area contributed by atoms with Crippen LogP contribution in [0.1, 0.15) is 26.3 Å². The van der Waals surface area contributed by atoms with E-state index >= 15 is 0 Å². The standard InChI is InChI=1S/C24H33N3O6S/c1-5-27(6-2)34(29,30)23-15-19(9-11-21(23)31-7-3)25-24(28)17-26(4)16-18-8-10-20-22(14-18)33-13-12-32-20/h8-11,14-15H,5-7,12-13,16-17H2,1-4H3,(H,25,28). The Morgan fingerprint density at radius 2 is 1.74 bits per heavy atom. The maximum absolute atomic E-state index is 13.1. The molecule has 2 aromatic rings. The fourth-order valence-corrected chi connectivity index (χ4v) is 5.38. The van der Waals surface area contributed by atoms with Crippen molar-refractivity contribution in [1.29, 1.82) is 0 Å². The minimum Gasteiger partial charge on any atom is -0.492 e. The lowest BCUT2D eigenvalue weighted by molar-refractivity contribution is -0.117.